The molecule has 0 bridgehead atoms. The minimum atomic E-state index is -0.629. The number of rotatable bonds is 4. The van der Waals surface area contributed by atoms with E-state index < -0.39 is 4.92 Å². The molecule has 0 fully saturated rings. The zero-order chi connectivity index (χ0) is 15.6. The molecule has 0 saturated heterocycles. The Balaban J connectivity index is 2.50. The lowest BCUT2D eigenvalue weighted by Crippen LogP contribution is -2.11. The number of ether oxygens (including phenoxy) is 1. The maximum Gasteiger partial charge on any atom is 0.349 e. The minimum Gasteiger partial charge on any atom is -0.433 e. The average molecular weight is 310 g/mol. The van der Waals surface area contributed by atoms with Crippen molar-refractivity contribution in [1.82, 2.24) is 9.97 Å². The van der Waals surface area contributed by atoms with Crippen LogP contribution in [0.1, 0.15) is 11.1 Å². The summed E-state index contributed by atoms with van der Waals surface area (Å²) in [6.07, 6.45) is 1.03. The van der Waals surface area contributed by atoms with Gasteiger partial charge in [0.1, 0.15) is 11.9 Å². The van der Waals surface area contributed by atoms with E-state index in [1.165, 1.54) is 0 Å². The van der Waals surface area contributed by atoms with E-state index >= 15 is 0 Å². The predicted octanol–water partition coefficient (Wildman–Crippen LogP) is 2.73. The fraction of sp³-hybridized carbons (Fsp3) is 0.167. The summed E-state index contributed by atoms with van der Waals surface area (Å²) in [4.78, 5) is 17.9. The third-order valence-corrected chi connectivity index (χ3v) is 2.90. The average Bonchev–Trinajstić information content (AvgIpc) is 2.42. The number of benzene rings is 1. The molecule has 1 aromatic heterocycles. The van der Waals surface area contributed by atoms with Gasteiger partial charge in [-0.05, 0) is 37.1 Å². The van der Waals surface area contributed by atoms with E-state index in [9.17, 15) is 10.1 Å². The quantitative estimate of drug-likeness (QED) is 0.506. The van der Waals surface area contributed by atoms with Crippen molar-refractivity contribution in [2.45, 2.75) is 13.8 Å². The van der Waals surface area contributed by atoms with Crippen molar-refractivity contribution in [3.63, 3.8) is 0 Å². The van der Waals surface area contributed by atoms with E-state index in [2.05, 4.69) is 15.4 Å². The Bertz CT molecular complexity index is 684. The fourth-order valence-electron chi connectivity index (χ4n) is 1.78. The minimum absolute atomic E-state index is 0.0138. The van der Waals surface area contributed by atoms with Gasteiger partial charge in [-0.2, -0.15) is 4.98 Å². The van der Waals surface area contributed by atoms with Gasteiger partial charge < -0.3 is 4.74 Å². The first kappa shape index (κ1) is 14.9. The molecule has 2 rings (SSSR count). The number of hydrogen-bond acceptors (Lipinski definition) is 7. The number of nitrogens with two attached hydrogens (primary N) is 1. The molecule has 0 atom stereocenters. The second kappa shape index (κ2) is 5.90. The molecule has 0 aliphatic carbocycles. The highest BCUT2D eigenvalue weighted by Crippen LogP contribution is 2.34. The van der Waals surface area contributed by atoms with Gasteiger partial charge in [-0.25, -0.2) is 10.8 Å². The maximum atomic E-state index is 11.0. The monoisotopic (exact) mass is 309 g/mol. The second-order valence-electron chi connectivity index (χ2n) is 4.26. The lowest BCUT2D eigenvalue weighted by Gasteiger charge is -2.12. The number of aryl methyl sites for hydroxylation is 2. The van der Waals surface area contributed by atoms with Crippen molar-refractivity contribution < 1.29 is 9.66 Å². The van der Waals surface area contributed by atoms with Gasteiger partial charge in [0.2, 0.25) is 5.95 Å². The smallest absolute Gasteiger partial charge is 0.349 e. The number of aromatic nitrogens is 2. The maximum absolute atomic E-state index is 11.0. The van der Waals surface area contributed by atoms with Crippen LogP contribution in [0.4, 0.5) is 11.6 Å². The Labute approximate surface area is 125 Å². The zero-order valence-corrected chi connectivity index (χ0v) is 12.0. The van der Waals surface area contributed by atoms with Crippen LogP contribution in [-0.4, -0.2) is 14.9 Å². The summed E-state index contributed by atoms with van der Waals surface area (Å²) in [5.41, 5.74) is 3.32. The summed E-state index contributed by atoms with van der Waals surface area (Å²) in [5.74, 6) is 5.46. The van der Waals surface area contributed by atoms with Crippen LogP contribution in [-0.2, 0) is 0 Å². The Morgan fingerprint density at radius 2 is 2.00 bits per heavy atom. The molecule has 2 aromatic rings. The molecule has 1 aromatic carbocycles. The molecule has 21 heavy (non-hydrogen) atoms. The van der Waals surface area contributed by atoms with Gasteiger partial charge in [0.05, 0.1) is 4.92 Å². The van der Waals surface area contributed by atoms with Gasteiger partial charge >= 0.3 is 11.6 Å². The molecule has 8 nitrogen and oxygen atoms in total. The van der Waals surface area contributed by atoms with Crippen molar-refractivity contribution in [1.29, 1.82) is 0 Å². The second-order valence-corrected chi connectivity index (χ2v) is 4.69. The molecule has 0 radical (unpaired) electrons. The van der Waals surface area contributed by atoms with Crippen LogP contribution in [0.3, 0.4) is 0 Å². The lowest BCUT2D eigenvalue weighted by molar-refractivity contribution is -0.386. The number of halogens is 1. The van der Waals surface area contributed by atoms with E-state index in [1.54, 1.807) is 26.0 Å². The lowest BCUT2D eigenvalue weighted by atomic mass is 10.1. The molecule has 9 heteroatoms. The number of nitrogens with one attached hydrogen (secondary N) is 1. The summed E-state index contributed by atoms with van der Waals surface area (Å²) in [6.45, 7) is 3.56. The van der Waals surface area contributed by atoms with Gasteiger partial charge in [0.25, 0.3) is 0 Å². The van der Waals surface area contributed by atoms with E-state index in [1.807, 2.05) is 0 Å². The van der Waals surface area contributed by atoms with Gasteiger partial charge in [0, 0.05) is 5.02 Å². The highest BCUT2D eigenvalue weighted by atomic mass is 35.5. The number of nitrogen functional groups attached to an aromatic ring is 1. The van der Waals surface area contributed by atoms with E-state index in [4.69, 9.17) is 22.2 Å². The number of nitrogens with zero attached hydrogens (tertiary/aromatic N) is 3. The van der Waals surface area contributed by atoms with E-state index in [0.29, 0.717) is 10.8 Å². The topological polar surface area (TPSA) is 116 Å². The summed E-state index contributed by atoms with van der Waals surface area (Å²) in [5, 5.41) is 11.6. The molecule has 0 amide bonds. The molecule has 1 heterocycles. The number of hydrogen-bond donors (Lipinski definition) is 2. The van der Waals surface area contributed by atoms with Crippen molar-refractivity contribution in [2.75, 3.05) is 5.43 Å². The predicted molar refractivity (Wildman–Crippen MR) is 77.5 cm³/mol. The van der Waals surface area contributed by atoms with Crippen LogP contribution in [0.2, 0.25) is 5.02 Å². The molecule has 0 aliphatic heterocycles. The first-order chi connectivity index (χ1) is 9.92. The van der Waals surface area contributed by atoms with Gasteiger partial charge in [-0.15, -0.1) is 0 Å². The zero-order valence-electron chi connectivity index (χ0n) is 11.3. The number of nitro groups is 1. The van der Waals surface area contributed by atoms with E-state index in [-0.39, 0.29) is 17.5 Å². The highest BCUT2D eigenvalue weighted by molar-refractivity contribution is 6.30. The van der Waals surface area contributed by atoms with Crippen molar-refractivity contribution >= 4 is 23.2 Å². The molecule has 0 spiro atoms. The third kappa shape index (κ3) is 3.18. The molecule has 3 N–H and O–H groups in total. The Kier molecular flexibility index (Phi) is 4.20. The first-order valence-electron chi connectivity index (χ1n) is 5.85. The van der Waals surface area contributed by atoms with Crippen LogP contribution in [0, 0.1) is 24.0 Å². The number of anilines is 1. The Morgan fingerprint density at radius 3 is 2.52 bits per heavy atom. The van der Waals surface area contributed by atoms with Crippen LogP contribution in [0.15, 0.2) is 18.3 Å². The van der Waals surface area contributed by atoms with Gasteiger partial charge in [-0.1, -0.05) is 11.6 Å². The SMILES string of the molecule is Cc1cc(Cl)cc(C)c1Oc1nc(NN)ncc1[N+](=O)[O-]. The van der Waals surface area contributed by atoms with Crippen LogP contribution in [0.25, 0.3) is 0 Å². The first-order valence-corrected chi connectivity index (χ1v) is 6.23. The molecular formula is C12H12ClN5O3. The van der Waals surface area contributed by atoms with Crippen LogP contribution in [0.5, 0.6) is 11.6 Å². The van der Waals surface area contributed by atoms with Gasteiger partial charge in [0.15, 0.2) is 0 Å². The molecule has 0 unspecified atom stereocenters. The fourth-order valence-corrected chi connectivity index (χ4v) is 2.11. The van der Waals surface area contributed by atoms with Crippen molar-refractivity contribution in [2.24, 2.45) is 5.84 Å². The van der Waals surface area contributed by atoms with E-state index in [0.717, 1.165) is 17.3 Å². The van der Waals surface area contributed by atoms with Gasteiger partial charge in [-0.3, -0.25) is 15.5 Å². The summed E-state index contributed by atoms with van der Waals surface area (Å²) < 4.78 is 5.58. The van der Waals surface area contributed by atoms with Crippen LogP contribution < -0.4 is 16.0 Å². The van der Waals surface area contributed by atoms with Crippen molar-refractivity contribution in [3.8, 4) is 11.6 Å². The molecular weight excluding hydrogens is 298 g/mol. The molecule has 0 aliphatic rings. The summed E-state index contributed by atoms with van der Waals surface area (Å²) in [7, 11) is 0. The largest absolute Gasteiger partial charge is 0.433 e. The molecule has 110 valence electrons. The van der Waals surface area contributed by atoms with Crippen molar-refractivity contribution in [3.05, 3.63) is 44.6 Å². The standard InChI is InChI=1S/C12H12ClN5O3/c1-6-3-8(13)4-7(2)10(6)21-11-9(18(19)20)5-15-12(16-11)17-14/h3-5H,14H2,1-2H3,(H,15,16,17). The highest BCUT2D eigenvalue weighted by Gasteiger charge is 2.21. The number of hydrazine groups is 1. The Hall–Kier alpha value is -2.45. The summed E-state index contributed by atoms with van der Waals surface area (Å²) in [6, 6.07) is 3.39. The normalized spacial score (nSPS) is 10.3. The third-order valence-electron chi connectivity index (χ3n) is 2.69. The Morgan fingerprint density at radius 1 is 1.38 bits per heavy atom. The summed E-state index contributed by atoms with van der Waals surface area (Å²) >= 11 is 5.94. The molecule has 0 saturated carbocycles. The van der Waals surface area contributed by atoms with Crippen LogP contribution >= 0.6 is 11.6 Å².